The van der Waals surface area contributed by atoms with Crippen molar-refractivity contribution in [1.29, 1.82) is 0 Å². The summed E-state index contributed by atoms with van der Waals surface area (Å²) in [6.45, 7) is 4.02. The van der Waals surface area contributed by atoms with Gasteiger partial charge in [-0.1, -0.05) is 42.8 Å². The summed E-state index contributed by atoms with van der Waals surface area (Å²) in [5, 5.41) is 3.02. The van der Waals surface area contributed by atoms with Gasteiger partial charge in [-0.05, 0) is 61.4 Å². The Balaban J connectivity index is 1.75. The Morgan fingerprint density at radius 3 is 2.29 bits per heavy atom. The summed E-state index contributed by atoms with van der Waals surface area (Å²) >= 11 is 0. The zero-order chi connectivity index (χ0) is 22.4. The molecule has 3 aromatic rings. The molecular weight excluding hydrogens is 412 g/mol. The highest BCUT2D eigenvalue weighted by atomic mass is 32.2. The monoisotopic (exact) mass is 438 g/mol. The van der Waals surface area contributed by atoms with E-state index in [1.807, 2.05) is 38.1 Å². The number of methoxy groups -OCH3 is 1. The Hall–Kier alpha value is -3.32. The molecule has 3 rings (SSSR count). The fourth-order valence-corrected chi connectivity index (χ4v) is 4.20. The number of rotatable bonds is 8. The molecule has 6 nitrogen and oxygen atoms in total. The molecule has 1 unspecified atom stereocenters. The van der Waals surface area contributed by atoms with Crippen molar-refractivity contribution in [2.45, 2.75) is 31.2 Å². The minimum absolute atomic E-state index is 0.105. The molecule has 1 atom stereocenters. The third-order valence-corrected chi connectivity index (χ3v) is 6.34. The first-order valence-electron chi connectivity index (χ1n) is 9.96. The van der Waals surface area contributed by atoms with Gasteiger partial charge in [-0.2, -0.15) is 0 Å². The van der Waals surface area contributed by atoms with Crippen molar-refractivity contribution in [3.05, 3.63) is 89.5 Å². The van der Waals surface area contributed by atoms with Gasteiger partial charge in [0.05, 0.1) is 18.0 Å². The van der Waals surface area contributed by atoms with Crippen molar-refractivity contribution in [2.24, 2.45) is 0 Å². The highest BCUT2D eigenvalue weighted by Crippen LogP contribution is 2.21. The zero-order valence-electron chi connectivity index (χ0n) is 17.8. The summed E-state index contributed by atoms with van der Waals surface area (Å²) in [6, 6.07) is 20.4. The quantitative estimate of drug-likeness (QED) is 0.535. The summed E-state index contributed by atoms with van der Waals surface area (Å²) in [5.41, 5.74) is 2.87. The lowest BCUT2D eigenvalue weighted by Crippen LogP contribution is -2.28. The number of hydrogen-bond donors (Lipinski definition) is 2. The third-order valence-electron chi connectivity index (χ3n) is 4.94. The number of amides is 1. The Morgan fingerprint density at radius 2 is 1.68 bits per heavy atom. The lowest BCUT2D eigenvalue weighted by atomic mass is 10.0. The largest absolute Gasteiger partial charge is 0.497 e. The smallest absolute Gasteiger partial charge is 0.261 e. The first-order chi connectivity index (χ1) is 14.8. The normalized spacial score (nSPS) is 12.1. The predicted octanol–water partition coefficient (Wildman–Crippen LogP) is 4.69. The highest BCUT2D eigenvalue weighted by Gasteiger charge is 2.17. The molecule has 0 spiro atoms. The number of carbonyl (C=O) groups excluding carboxylic acids is 1. The number of carbonyl (C=O) groups is 1. The Kier molecular flexibility index (Phi) is 6.97. The molecule has 0 bridgehead atoms. The lowest BCUT2D eigenvalue weighted by molar-refractivity contribution is 0.0935. The van der Waals surface area contributed by atoms with Crippen molar-refractivity contribution >= 4 is 21.6 Å². The summed E-state index contributed by atoms with van der Waals surface area (Å²) in [4.78, 5) is 12.9. The average Bonchev–Trinajstić information content (AvgIpc) is 2.78. The molecule has 0 aromatic heterocycles. The number of nitrogens with one attached hydrogen (secondary N) is 2. The van der Waals surface area contributed by atoms with Gasteiger partial charge in [0.25, 0.3) is 15.9 Å². The number of hydrogen-bond acceptors (Lipinski definition) is 4. The molecule has 162 valence electrons. The van der Waals surface area contributed by atoms with Gasteiger partial charge in [0.15, 0.2) is 0 Å². The standard InChI is InChI=1S/C24H26N2O4S/c1-4-23(18-10-8-17(2)9-11-18)25-24(27)19-6-5-7-20(16-19)26-31(28,29)22-14-12-21(30-3)13-15-22/h5-16,23,26H,4H2,1-3H3,(H,25,27). The number of aryl methyl sites for hydroxylation is 1. The van der Waals surface area contributed by atoms with E-state index in [4.69, 9.17) is 4.74 Å². The number of sulfonamides is 1. The third kappa shape index (κ3) is 5.64. The van der Waals surface area contributed by atoms with E-state index >= 15 is 0 Å². The van der Waals surface area contributed by atoms with E-state index in [0.29, 0.717) is 17.0 Å². The summed E-state index contributed by atoms with van der Waals surface area (Å²) in [5.74, 6) is 0.301. The number of ether oxygens (including phenoxy) is 1. The molecule has 3 aromatic carbocycles. The van der Waals surface area contributed by atoms with E-state index in [0.717, 1.165) is 17.5 Å². The molecule has 7 heteroatoms. The van der Waals surface area contributed by atoms with Crippen molar-refractivity contribution < 1.29 is 17.9 Å². The van der Waals surface area contributed by atoms with Gasteiger partial charge in [-0.3, -0.25) is 9.52 Å². The molecule has 31 heavy (non-hydrogen) atoms. The second-order valence-corrected chi connectivity index (χ2v) is 8.89. The first-order valence-corrected chi connectivity index (χ1v) is 11.4. The molecule has 0 radical (unpaired) electrons. The maximum atomic E-state index is 12.8. The molecule has 2 N–H and O–H groups in total. The Morgan fingerprint density at radius 1 is 1.00 bits per heavy atom. The summed E-state index contributed by atoms with van der Waals surface area (Å²) in [7, 11) is -2.28. The second-order valence-electron chi connectivity index (χ2n) is 7.21. The van der Waals surface area contributed by atoms with Crippen molar-refractivity contribution in [2.75, 3.05) is 11.8 Å². The minimum Gasteiger partial charge on any atom is -0.497 e. The van der Waals surface area contributed by atoms with Crippen LogP contribution in [0.4, 0.5) is 5.69 Å². The van der Waals surface area contributed by atoms with Crippen LogP contribution < -0.4 is 14.8 Å². The van der Waals surface area contributed by atoms with Crippen LogP contribution in [0.1, 0.15) is 40.9 Å². The topological polar surface area (TPSA) is 84.5 Å². The van der Waals surface area contributed by atoms with Gasteiger partial charge in [0.2, 0.25) is 0 Å². The van der Waals surface area contributed by atoms with Crippen LogP contribution in [0.3, 0.4) is 0 Å². The van der Waals surface area contributed by atoms with Gasteiger partial charge >= 0.3 is 0 Å². The molecule has 0 heterocycles. The number of anilines is 1. The minimum atomic E-state index is -3.79. The first kappa shape index (κ1) is 22.4. The fourth-order valence-electron chi connectivity index (χ4n) is 3.15. The van der Waals surface area contributed by atoms with Crippen LogP contribution in [0.15, 0.2) is 77.7 Å². The number of benzene rings is 3. The van der Waals surface area contributed by atoms with Crippen LogP contribution in [0.5, 0.6) is 5.75 Å². The predicted molar refractivity (Wildman–Crippen MR) is 122 cm³/mol. The lowest BCUT2D eigenvalue weighted by Gasteiger charge is -2.18. The van der Waals surface area contributed by atoms with Gasteiger partial charge in [0, 0.05) is 11.3 Å². The van der Waals surface area contributed by atoms with E-state index in [9.17, 15) is 13.2 Å². The molecule has 0 saturated heterocycles. The van der Waals surface area contributed by atoms with E-state index in [2.05, 4.69) is 10.0 Å². The van der Waals surface area contributed by atoms with Crippen LogP contribution in [0, 0.1) is 6.92 Å². The molecule has 0 fully saturated rings. The zero-order valence-corrected chi connectivity index (χ0v) is 18.6. The Labute approximate surface area is 183 Å². The van der Waals surface area contributed by atoms with Gasteiger partial charge < -0.3 is 10.1 Å². The van der Waals surface area contributed by atoms with Crippen molar-refractivity contribution in [3.8, 4) is 5.75 Å². The highest BCUT2D eigenvalue weighted by molar-refractivity contribution is 7.92. The van der Waals surface area contributed by atoms with E-state index in [1.165, 1.54) is 25.3 Å². The van der Waals surface area contributed by atoms with Crippen molar-refractivity contribution in [1.82, 2.24) is 5.32 Å². The van der Waals surface area contributed by atoms with Gasteiger partial charge in [0.1, 0.15) is 5.75 Å². The molecule has 1 amide bonds. The average molecular weight is 439 g/mol. The van der Waals surface area contributed by atoms with E-state index in [1.54, 1.807) is 30.3 Å². The van der Waals surface area contributed by atoms with E-state index < -0.39 is 10.0 Å². The molecule has 0 aliphatic rings. The van der Waals surface area contributed by atoms with E-state index in [-0.39, 0.29) is 16.8 Å². The second kappa shape index (κ2) is 9.66. The molecule has 0 saturated carbocycles. The molecule has 0 aliphatic carbocycles. The summed E-state index contributed by atoms with van der Waals surface area (Å²) in [6.07, 6.45) is 0.735. The van der Waals surface area contributed by atoms with Crippen LogP contribution in [-0.4, -0.2) is 21.4 Å². The van der Waals surface area contributed by atoms with Crippen LogP contribution >= 0.6 is 0 Å². The Bertz CT molecular complexity index is 1140. The molecule has 0 aliphatic heterocycles. The van der Waals surface area contributed by atoms with Crippen molar-refractivity contribution in [3.63, 3.8) is 0 Å². The van der Waals surface area contributed by atoms with Crippen LogP contribution in [-0.2, 0) is 10.0 Å². The van der Waals surface area contributed by atoms with Crippen LogP contribution in [0.25, 0.3) is 0 Å². The maximum Gasteiger partial charge on any atom is 0.261 e. The van der Waals surface area contributed by atoms with Gasteiger partial charge in [-0.15, -0.1) is 0 Å². The summed E-state index contributed by atoms with van der Waals surface area (Å²) < 4.78 is 32.9. The SMILES string of the molecule is CCC(NC(=O)c1cccc(NS(=O)(=O)c2ccc(OC)cc2)c1)c1ccc(C)cc1. The fraction of sp³-hybridized carbons (Fsp3) is 0.208. The maximum absolute atomic E-state index is 12.8. The molecular formula is C24H26N2O4S. The van der Waals surface area contributed by atoms with Crippen LogP contribution in [0.2, 0.25) is 0 Å². The van der Waals surface area contributed by atoms with Gasteiger partial charge in [-0.25, -0.2) is 8.42 Å².